The summed E-state index contributed by atoms with van der Waals surface area (Å²) >= 11 is 8.66. The van der Waals surface area contributed by atoms with E-state index in [-0.39, 0.29) is 6.04 Å². The zero-order valence-electron chi connectivity index (χ0n) is 4.92. The molecule has 0 aromatic rings. The van der Waals surface area contributed by atoms with Crippen molar-refractivity contribution in [1.82, 2.24) is 0 Å². The summed E-state index contributed by atoms with van der Waals surface area (Å²) in [5.74, 6) is 0. The fourth-order valence-corrected chi connectivity index (χ4v) is 0.681. The average molecular weight is 149 g/mol. The van der Waals surface area contributed by atoms with Crippen LogP contribution in [-0.4, -0.2) is 10.2 Å². The molecule has 0 radical (unpaired) electrons. The molecule has 0 saturated heterocycles. The normalized spacial score (nSPS) is 13.4. The number of hydrogen-bond acceptors (Lipinski definition) is 2. The lowest BCUT2D eigenvalue weighted by atomic mass is 10.2. The van der Waals surface area contributed by atoms with Gasteiger partial charge in [-0.25, -0.2) is 0 Å². The minimum Gasteiger partial charge on any atom is -0.323 e. The molecule has 0 amide bonds. The van der Waals surface area contributed by atoms with E-state index in [0.29, 0.717) is 4.20 Å². The molecule has 3 heteroatoms. The van der Waals surface area contributed by atoms with Gasteiger partial charge in [0.15, 0.2) is 0 Å². The van der Waals surface area contributed by atoms with Crippen LogP contribution in [0.2, 0.25) is 0 Å². The highest BCUT2D eigenvalue weighted by molar-refractivity contribution is 8.11. The molecule has 0 heterocycles. The molecule has 0 aromatic carbocycles. The quantitative estimate of drug-likeness (QED) is 0.468. The van der Waals surface area contributed by atoms with E-state index in [1.165, 1.54) is 0 Å². The monoisotopic (exact) mass is 149 g/mol. The van der Waals surface area contributed by atoms with Crippen LogP contribution in [0.15, 0.2) is 0 Å². The molecular formula is C5H11NS2. The van der Waals surface area contributed by atoms with E-state index in [2.05, 4.69) is 19.6 Å². The second-order valence-corrected chi connectivity index (χ2v) is 2.96. The maximum Gasteiger partial charge on any atom is 0.0615 e. The minimum absolute atomic E-state index is 0.0123. The molecule has 8 heavy (non-hydrogen) atoms. The first kappa shape index (κ1) is 8.40. The Morgan fingerprint density at radius 2 is 2.38 bits per heavy atom. The van der Waals surface area contributed by atoms with Crippen LogP contribution in [-0.2, 0) is 0 Å². The third kappa shape index (κ3) is 3.41. The lowest BCUT2D eigenvalue weighted by molar-refractivity contribution is 0.743. The van der Waals surface area contributed by atoms with Crippen LogP contribution in [0.1, 0.15) is 19.8 Å². The van der Waals surface area contributed by atoms with Gasteiger partial charge >= 0.3 is 0 Å². The lowest BCUT2D eigenvalue weighted by Gasteiger charge is -2.04. The van der Waals surface area contributed by atoms with Crippen molar-refractivity contribution in [2.75, 3.05) is 0 Å². The highest BCUT2D eigenvalue weighted by Gasteiger charge is 2.01. The van der Waals surface area contributed by atoms with E-state index in [0.717, 1.165) is 12.8 Å². The molecule has 0 saturated carbocycles. The van der Waals surface area contributed by atoms with Gasteiger partial charge < -0.3 is 5.73 Å². The summed E-state index contributed by atoms with van der Waals surface area (Å²) in [4.78, 5) is 0. The first-order valence-electron chi connectivity index (χ1n) is 2.67. The molecule has 0 aliphatic rings. The third-order valence-corrected chi connectivity index (χ3v) is 1.55. The number of rotatable bonds is 3. The zero-order valence-corrected chi connectivity index (χ0v) is 6.64. The van der Waals surface area contributed by atoms with E-state index in [1.807, 2.05) is 0 Å². The molecule has 0 aliphatic carbocycles. The van der Waals surface area contributed by atoms with Crippen molar-refractivity contribution in [3.63, 3.8) is 0 Å². The Morgan fingerprint density at radius 1 is 1.88 bits per heavy atom. The second-order valence-electron chi connectivity index (χ2n) is 1.73. The molecule has 0 fully saturated rings. The summed E-state index contributed by atoms with van der Waals surface area (Å²) in [6.45, 7) is 2.08. The maximum absolute atomic E-state index is 5.51. The van der Waals surface area contributed by atoms with Crippen molar-refractivity contribution in [2.45, 2.75) is 25.8 Å². The Morgan fingerprint density at radius 3 is 2.50 bits per heavy atom. The van der Waals surface area contributed by atoms with Crippen molar-refractivity contribution < 1.29 is 0 Å². The van der Waals surface area contributed by atoms with Crippen LogP contribution in [0.3, 0.4) is 0 Å². The number of nitrogens with two attached hydrogens (primary N) is 1. The Hall–Kier alpha value is 0.400. The van der Waals surface area contributed by atoms with Crippen molar-refractivity contribution in [1.29, 1.82) is 0 Å². The zero-order chi connectivity index (χ0) is 6.57. The summed E-state index contributed by atoms with van der Waals surface area (Å²) in [6.07, 6.45) is 2.02. The van der Waals surface area contributed by atoms with Gasteiger partial charge in [0, 0.05) is 6.04 Å². The standard InChI is InChI=1S/C5H11NS2/c1-2-3-4(6)5(7)8/h4H,2-3,6H2,1H3,(H,7,8). The largest absolute Gasteiger partial charge is 0.323 e. The van der Waals surface area contributed by atoms with Crippen LogP contribution in [0.25, 0.3) is 0 Å². The first-order chi connectivity index (χ1) is 3.68. The molecule has 0 spiro atoms. The average Bonchev–Trinajstić information content (AvgIpc) is 1.67. The summed E-state index contributed by atoms with van der Waals surface area (Å²) in [6, 6.07) is 0.0123. The van der Waals surface area contributed by atoms with Crippen molar-refractivity contribution in [3.8, 4) is 0 Å². The molecule has 0 bridgehead atoms. The Labute approximate surface area is 61.1 Å². The number of thiol groups is 1. The molecule has 2 N–H and O–H groups in total. The van der Waals surface area contributed by atoms with Crippen molar-refractivity contribution >= 4 is 29.0 Å². The maximum atomic E-state index is 5.51. The Bertz CT molecular complexity index is 82.5. The summed E-state index contributed by atoms with van der Waals surface area (Å²) in [5.41, 5.74) is 5.51. The molecule has 0 rings (SSSR count). The smallest absolute Gasteiger partial charge is 0.0615 e. The molecule has 0 aliphatic heterocycles. The molecule has 1 atom stereocenters. The minimum atomic E-state index is 0.0123. The van der Waals surface area contributed by atoms with E-state index in [1.54, 1.807) is 0 Å². The Balaban J connectivity index is 3.32. The van der Waals surface area contributed by atoms with Gasteiger partial charge in [0.25, 0.3) is 0 Å². The van der Waals surface area contributed by atoms with Gasteiger partial charge in [-0.2, -0.15) is 0 Å². The van der Waals surface area contributed by atoms with Crippen LogP contribution >= 0.6 is 24.8 Å². The number of thiocarbonyl (C=S) groups is 1. The van der Waals surface area contributed by atoms with E-state index in [4.69, 9.17) is 18.0 Å². The third-order valence-electron chi connectivity index (χ3n) is 0.917. The van der Waals surface area contributed by atoms with Crippen LogP contribution in [0, 0.1) is 0 Å². The summed E-state index contributed by atoms with van der Waals surface area (Å²) in [5, 5.41) is 0. The molecule has 48 valence electrons. The van der Waals surface area contributed by atoms with E-state index >= 15 is 0 Å². The fraction of sp³-hybridized carbons (Fsp3) is 0.800. The fourth-order valence-electron chi connectivity index (χ4n) is 0.434. The van der Waals surface area contributed by atoms with Crippen molar-refractivity contribution in [3.05, 3.63) is 0 Å². The summed E-state index contributed by atoms with van der Waals surface area (Å²) in [7, 11) is 0. The van der Waals surface area contributed by atoms with Crippen LogP contribution in [0.4, 0.5) is 0 Å². The van der Waals surface area contributed by atoms with Gasteiger partial charge in [0.1, 0.15) is 0 Å². The van der Waals surface area contributed by atoms with Gasteiger partial charge in [-0.05, 0) is 6.42 Å². The van der Waals surface area contributed by atoms with Gasteiger partial charge in [-0.15, -0.1) is 12.6 Å². The molecular weight excluding hydrogens is 138 g/mol. The van der Waals surface area contributed by atoms with Gasteiger partial charge in [-0.3, -0.25) is 0 Å². The van der Waals surface area contributed by atoms with Gasteiger partial charge in [0.2, 0.25) is 0 Å². The molecule has 1 nitrogen and oxygen atoms in total. The highest BCUT2D eigenvalue weighted by atomic mass is 32.1. The topological polar surface area (TPSA) is 26.0 Å². The van der Waals surface area contributed by atoms with Crippen LogP contribution < -0.4 is 5.73 Å². The predicted molar refractivity (Wildman–Crippen MR) is 44.5 cm³/mol. The SMILES string of the molecule is CCCC(N)C(=S)S. The van der Waals surface area contributed by atoms with Crippen LogP contribution in [0.5, 0.6) is 0 Å². The molecule has 1 unspecified atom stereocenters. The summed E-state index contributed by atoms with van der Waals surface area (Å²) < 4.78 is 0.617. The first-order valence-corrected chi connectivity index (χ1v) is 3.52. The van der Waals surface area contributed by atoms with Gasteiger partial charge in [-0.1, -0.05) is 25.6 Å². The van der Waals surface area contributed by atoms with Gasteiger partial charge in [0.05, 0.1) is 4.20 Å². The van der Waals surface area contributed by atoms with E-state index in [9.17, 15) is 0 Å². The predicted octanol–water partition coefficient (Wildman–Crippen LogP) is 1.37. The highest BCUT2D eigenvalue weighted by Crippen LogP contribution is 1.98. The number of hydrogen-bond donors (Lipinski definition) is 2. The van der Waals surface area contributed by atoms with E-state index < -0.39 is 0 Å². The van der Waals surface area contributed by atoms with Crippen molar-refractivity contribution in [2.24, 2.45) is 5.73 Å². The lowest BCUT2D eigenvalue weighted by Crippen LogP contribution is -2.24. The Kier molecular flexibility index (Phi) is 4.51. The molecule has 0 aromatic heterocycles. The second kappa shape index (κ2) is 4.30.